The molecular formula is C37H23NO2S. The number of allylic oxidation sites excluding steroid dienone is 1. The highest BCUT2D eigenvalue weighted by atomic mass is 32.1. The predicted molar refractivity (Wildman–Crippen MR) is 173 cm³/mol. The van der Waals surface area contributed by atoms with Gasteiger partial charge >= 0.3 is 0 Å². The van der Waals surface area contributed by atoms with Gasteiger partial charge < -0.3 is 8.98 Å². The molecule has 4 heteroatoms. The first-order valence-corrected chi connectivity index (χ1v) is 14.8. The molecule has 1 aliphatic carbocycles. The monoisotopic (exact) mass is 545 g/mol. The zero-order valence-electron chi connectivity index (χ0n) is 22.1. The number of aryl methyl sites for hydroxylation is 1. The average Bonchev–Trinajstić information content (AvgIpc) is 3.57. The molecule has 194 valence electrons. The van der Waals surface area contributed by atoms with Gasteiger partial charge in [-0.2, -0.15) is 0 Å². The first-order chi connectivity index (χ1) is 20.2. The van der Waals surface area contributed by atoms with Crippen LogP contribution >= 0.6 is 11.3 Å². The van der Waals surface area contributed by atoms with E-state index < -0.39 is 0 Å². The quantitative estimate of drug-likeness (QED) is 0.203. The van der Waals surface area contributed by atoms with Gasteiger partial charge in [0.2, 0.25) is 5.43 Å². The number of benzene rings is 5. The molecule has 5 aromatic carbocycles. The van der Waals surface area contributed by atoms with Crippen molar-refractivity contribution in [1.29, 1.82) is 0 Å². The maximum absolute atomic E-state index is 13.4. The molecular weight excluding hydrogens is 522 g/mol. The number of thiophene rings is 1. The summed E-state index contributed by atoms with van der Waals surface area (Å²) < 4.78 is 11.1. The van der Waals surface area contributed by atoms with Crippen LogP contribution in [0.5, 0.6) is 0 Å². The van der Waals surface area contributed by atoms with Crippen LogP contribution in [0.15, 0.2) is 118 Å². The number of rotatable bonds is 2. The number of aromatic nitrogens is 1. The van der Waals surface area contributed by atoms with Crippen molar-refractivity contribution in [3.05, 3.63) is 131 Å². The van der Waals surface area contributed by atoms with E-state index in [0.717, 1.165) is 24.0 Å². The van der Waals surface area contributed by atoms with E-state index in [1.165, 1.54) is 48.0 Å². The molecule has 0 radical (unpaired) electrons. The topological polar surface area (TPSA) is 35.1 Å². The molecule has 41 heavy (non-hydrogen) atoms. The normalized spacial score (nSPS) is 13.2. The van der Waals surface area contributed by atoms with E-state index in [2.05, 4.69) is 83.4 Å². The number of nitrogens with zero attached hydrogens (tertiary/aromatic N) is 1. The largest absolute Gasteiger partial charge is 0.456 e. The fourth-order valence-corrected chi connectivity index (χ4v) is 7.68. The van der Waals surface area contributed by atoms with Crippen LogP contribution in [0, 0.1) is 0 Å². The van der Waals surface area contributed by atoms with Gasteiger partial charge in [0, 0.05) is 36.9 Å². The predicted octanol–water partition coefficient (Wildman–Crippen LogP) is 9.88. The summed E-state index contributed by atoms with van der Waals surface area (Å²) in [5.41, 5.74) is 8.51. The van der Waals surface area contributed by atoms with Crippen molar-refractivity contribution in [2.75, 3.05) is 0 Å². The Balaban J connectivity index is 1.34. The van der Waals surface area contributed by atoms with Crippen LogP contribution < -0.4 is 5.43 Å². The van der Waals surface area contributed by atoms with Gasteiger partial charge in [-0.25, -0.2) is 0 Å². The molecule has 3 heterocycles. The van der Waals surface area contributed by atoms with E-state index in [1.54, 1.807) is 0 Å². The average molecular weight is 546 g/mol. The van der Waals surface area contributed by atoms with Crippen molar-refractivity contribution < 1.29 is 4.42 Å². The minimum absolute atomic E-state index is 0.00629. The molecule has 9 rings (SSSR count). The van der Waals surface area contributed by atoms with Gasteiger partial charge in [-0.15, -0.1) is 11.3 Å². The molecule has 0 saturated heterocycles. The molecule has 0 unspecified atom stereocenters. The van der Waals surface area contributed by atoms with E-state index in [9.17, 15) is 4.79 Å². The SMILES string of the molecule is O=c1c2ccccc2oc2ccc(-c3ccc4sc5ccc6c7c(n(-c8ccccc8)c6c5c4c3)C=CCC7)cc12. The van der Waals surface area contributed by atoms with Gasteiger partial charge in [0.25, 0.3) is 0 Å². The van der Waals surface area contributed by atoms with Gasteiger partial charge in [-0.3, -0.25) is 4.79 Å². The second-order valence-corrected chi connectivity index (χ2v) is 11.8. The second-order valence-electron chi connectivity index (χ2n) is 10.8. The van der Waals surface area contributed by atoms with Gasteiger partial charge in [0.05, 0.1) is 16.3 Å². The third-order valence-electron chi connectivity index (χ3n) is 8.47. The van der Waals surface area contributed by atoms with Crippen LogP contribution in [0.4, 0.5) is 0 Å². The van der Waals surface area contributed by atoms with E-state index in [4.69, 9.17) is 4.42 Å². The van der Waals surface area contributed by atoms with Gasteiger partial charge in [-0.05, 0) is 90.2 Å². The summed E-state index contributed by atoms with van der Waals surface area (Å²) in [6, 6.07) is 35.4. The molecule has 0 fully saturated rings. The lowest BCUT2D eigenvalue weighted by atomic mass is 9.98. The maximum atomic E-state index is 13.4. The number of para-hydroxylation sites is 2. The van der Waals surface area contributed by atoms with Crippen LogP contribution in [0.3, 0.4) is 0 Å². The Morgan fingerprint density at radius 3 is 2.34 bits per heavy atom. The summed E-state index contributed by atoms with van der Waals surface area (Å²) in [7, 11) is 0. The lowest BCUT2D eigenvalue weighted by Crippen LogP contribution is -2.01. The number of fused-ring (bicyclic) bond motifs is 9. The van der Waals surface area contributed by atoms with Crippen molar-refractivity contribution >= 4 is 70.4 Å². The van der Waals surface area contributed by atoms with Crippen LogP contribution in [-0.4, -0.2) is 4.57 Å². The van der Waals surface area contributed by atoms with E-state index in [0.29, 0.717) is 21.9 Å². The number of hydrogen-bond acceptors (Lipinski definition) is 3. The zero-order valence-corrected chi connectivity index (χ0v) is 22.9. The highest BCUT2D eigenvalue weighted by Crippen LogP contribution is 2.44. The Morgan fingerprint density at radius 1 is 0.683 bits per heavy atom. The minimum atomic E-state index is 0.00629. The number of hydrogen-bond donors (Lipinski definition) is 0. The molecule has 0 atom stereocenters. The van der Waals surface area contributed by atoms with Crippen LogP contribution in [0.25, 0.3) is 75.9 Å². The zero-order chi connectivity index (χ0) is 27.1. The molecule has 3 nitrogen and oxygen atoms in total. The van der Waals surface area contributed by atoms with Gasteiger partial charge in [-0.1, -0.05) is 54.6 Å². The summed E-state index contributed by atoms with van der Waals surface area (Å²) in [4.78, 5) is 13.4. The van der Waals surface area contributed by atoms with Crippen molar-refractivity contribution in [3.63, 3.8) is 0 Å². The summed E-state index contributed by atoms with van der Waals surface area (Å²) in [6.07, 6.45) is 6.71. The third-order valence-corrected chi connectivity index (χ3v) is 9.60. The van der Waals surface area contributed by atoms with Crippen LogP contribution in [-0.2, 0) is 6.42 Å². The van der Waals surface area contributed by atoms with Gasteiger partial charge in [0.15, 0.2) is 0 Å². The highest BCUT2D eigenvalue weighted by Gasteiger charge is 2.22. The summed E-state index contributed by atoms with van der Waals surface area (Å²) >= 11 is 1.84. The highest BCUT2D eigenvalue weighted by molar-refractivity contribution is 7.26. The third kappa shape index (κ3) is 3.28. The van der Waals surface area contributed by atoms with Crippen molar-refractivity contribution in [1.82, 2.24) is 4.57 Å². The molecule has 0 amide bonds. The molecule has 0 saturated carbocycles. The fraction of sp³-hybridized carbons (Fsp3) is 0.0541. The van der Waals surface area contributed by atoms with E-state index in [1.807, 2.05) is 47.7 Å². The minimum Gasteiger partial charge on any atom is -0.456 e. The first kappa shape index (κ1) is 22.8. The lowest BCUT2D eigenvalue weighted by Gasteiger charge is -2.12. The van der Waals surface area contributed by atoms with Gasteiger partial charge in [0.1, 0.15) is 11.2 Å². The Morgan fingerprint density at radius 2 is 1.44 bits per heavy atom. The fourth-order valence-electron chi connectivity index (χ4n) is 6.59. The molecule has 0 aliphatic heterocycles. The lowest BCUT2D eigenvalue weighted by molar-refractivity contribution is 0.660. The smallest absolute Gasteiger partial charge is 0.200 e. The summed E-state index contributed by atoms with van der Waals surface area (Å²) in [6.45, 7) is 0. The second kappa shape index (κ2) is 8.53. The summed E-state index contributed by atoms with van der Waals surface area (Å²) in [5.74, 6) is 0. The van der Waals surface area contributed by atoms with E-state index in [-0.39, 0.29) is 5.43 Å². The maximum Gasteiger partial charge on any atom is 0.200 e. The Hall–Kier alpha value is -4.93. The molecule has 0 N–H and O–H groups in total. The summed E-state index contributed by atoms with van der Waals surface area (Å²) in [5, 5.41) is 5.09. The molecule has 0 spiro atoms. The Kier molecular flexibility index (Phi) is 4.75. The molecule has 1 aliphatic rings. The van der Waals surface area contributed by atoms with Crippen molar-refractivity contribution in [3.8, 4) is 16.8 Å². The molecule has 8 aromatic rings. The first-order valence-electron chi connectivity index (χ1n) is 14.0. The standard InChI is InChI=1S/C37H23NO2S/c39-37-27-11-5-7-13-31(27)40-32-17-14-22(20-28(32)37)23-15-18-33-29(21-23)35-34(41-33)19-16-26-25-10-4-6-12-30(25)38(36(26)35)24-8-2-1-3-9-24/h1-3,5-9,11-21H,4,10H2. The molecule has 3 aromatic heterocycles. The van der Waals surface area contributed by atoms with Crippen LogP contribution in [0.1, 0.15) is 17.7 Å². The Labute approximate surface area is 239 Å². The van der Waals surface area contributed by atoms with Crippen molar-refractivity contribution in [2.45, 2.75) is 12.8 Å². The Bertz CT molecular complexity index is 2440. The van der Waals surface area contributed by atoms with Crippen LogP contribution in [0.2, 0.25) is 0 Å². The van der Waals surface area contributed by atoms with E-state index >= 15 is 0 Å². The molecule has 0 bridgehead atoms. The van der Waals surface area contributed by atoms with Crippen molar-refractivity contribution in [2.24, 2.45) is 0 Å².